The van der Waals surface area contributed by atoms with Crippen LogP contribution in [0.5, 0.6) is 11.5 Å². The number of benzene rings is 2. The van der Waals surface area contributed by atoms with E-state index in [1.54, 1.807) is 7.11 Å². The Labute approximate surface area is 144 Å². The molecule has 0 fully saturated rings. The molecular weight excluding hydrogens is 358 g/mol. The standard InChI is InChI=1S/C18H20BrNO3/c1-22-16-9-7-14(8-10-16)13-20-18(21)6-3-11-23-17-5-2-4-15(19)12-17/h2,4-5,7-10,12H,3,6,11,13H2,1H3,(H,20,21). The fraction of sp³-hybridized carbons (Fsp3) is 0.278. The lowest BCUT2D eigenvalue weighted by Gasteiger charge is -2.08. The van der Waals surface area contributed by atoms with Gasteiger partial charge < -0.3 is 14.8 Å². The number of nitrogens with one attached hydrogen (secondary N) is 1. The normalized spacial score (nSPS) is 10.2. The van der Waals surface area contributed by atoms with E-state index in [1.165, 1.54) is 0 Å². The molecular formula is C18H20BrNO3. The minimum absolute atomic E-state index is 0.0265. The summed E-state index contributed by atoms with van der Waals surface area (Å²) in [5.74, 6) is 1.64. The van der Waals surface area contributed by atoms with Gasteiger partial charge in [0.25, 0.3) is 0 Å². The van der Waals surface area contributed by atoms with Crippen molar-refractivity contribution in [2.24, 2.45) is 0 Å². The molecule has 0 aliphatic carbocycles. The lowest BCUT2D eigenvalue weighted by atomic mass is 10.2. The minimum Gasteiger partial charge on any atom is -0.497 e. The minimum atomic E-state index is 0.0265. The summed E-state index contributed by atoms with van der Waals surface area (Å²) in [6.45, 7) is 1.04. The third-order valence-electron chi connectivity index (χ3n) is 3.26. The summed E-state index contributed by atoms with van der Waals surface area (Å²) < 4.78 is 11.7. The smallest absolute Gasteiger partial charge is 0.220 e. The van der Waals surface area contributed by atoms with E-state index in [0.29, 0.717) is 26.0 Å². The largest absolute Gasteiger partial charge is 0.497 e. The van der Waals surface area contributed by atoms with E-state index in [-0.39, 0.29) is 5.91 Å². The quantitative estimate of drug-likeness (QED) is 0.708. The lowest BCUT2D eigenvalue weighted by molar-refractivity contribution is -0.121. The summed E-state index contributed by atoms with van der Waals surface area (Å²) in [4.78, 5) is 11.8. The van der Waals surface area contributed by atoms with Gasteiger partial charge in [-0.05, 0) is 42.3 Å². The van der Waals surface area contributed by atoms with Crippen LogP contribution < -0.4 is 14.8 Å². The number of amides is 1. The molecule has 0 spiro atoms. The van der Waals surface area contributed by atoms with Gasteiger partial charge in [0.15, 0.2) is 0 Å². The highest BCUT2D eigenvalue weighted by Gasteiger charge is 2.02. The van der Waals surface area contributed by atoms with Gasteiger partial charge in [0.2, 0.25) is 5.91 Å². The molecule has 1 amide bonds. The Balaban J connectivity index is 1.63. The maximum Gasteiger partial charge on any atom is 0.220 e. The van der Waals surface area contributed by atoms with Gasteiger partial charge in [0.05, 0.1) is 13.7 Å². The number of halogens is 1. The van der Waals surface area contributed by atoms with Crippen LogP contribution >= 0.6 is 15.9 Å². The van der Waals surface area contributed by atoms with Crippen molar-refractivity contribution in [1.29, 1.82) is 0 Å². The Morgan fingerprint density at radius 2 is 1.91 bits per heavy atom. The highest BCUT2D eigenvalue weighted by atomic mass is 79.9. The van der Waals surface area contributed by atoms with Crippen molar-refractivity contribution in [2.75, 3.05) is 13.7 Å². The summed E-state index contributed by atoms with van der Waals surface area (Å²) >= 11 is 3.39. The molecule has 4 nitrogen and oxygen atoms in total. The lowest BCUT2D eigenvalue weighted by Crippen LogP contribution is -2.22. The summed E-state index contributed by atoms with van der Waals surface area (Å²) in [6.07, 6.45) is 1.13. The Kier molecular flexibility index (Phi) is 6.94. The maximum atomic E-state index is 11.8. The van der Waals surface area contributed by atoms with E-state index in [4.69, 9.17) is 9.47 Å². The highest BCUT2D eigenvalue weighted by Crippen LogP contribution is 2.17. The van der Waals surface area contributed by atoms with Gasteiger partial charge in [-0.25, -0.2) is 0 Å². The summed E-state index contributed by atoms with van der Waals surface area (Å²) in [5, 5.41) is 2.90. The molecule has 0 bridgehead atoms. The number of ether oxygens (including phenoxy) is 2. The van der Waals surface area contributed by atoms with Gasteiger partial charge in [0, 0.05) is 17.4 Å². The number of carbonyl (C=O) groups excluding carboxylic acids is 1. The SMILES string of the molecule is COc1ccc(CNC(=O)CCCOc2cccc(Br)c2)cc1. The van der Waals surface area contributed by atoms with E-state index < -0.39 is 0 Å². The van der Waals surface area contributed by atoms with Crippen LogP contribution in [0.2, 0.25) is 0 Å². The highest BCUT2D eigenvalue weighted by molar-refractivity contribution is 9.10. The first-order valence-electron chi connectivity index (χ1n) is 7.45. The van der Waals surface area contributed by atoms with Crippen molar-refractivity contribution in [1.82, 2.24) is 5.32 Å². The van der Waals surface area contributed by atoms with Crippen LogP contribution in [0, 0.1) is 0 Å². The average molecular weight is 378 g/mol. The predicted molar refractivity (Wildman–Crippen MR) is 93.7 cm³/mol. The fourth-order valence-corrected chi connectivity index (χ4v) is 2.39. The molecule has 0 aliphatic heterocycles. The first kappa shape index (κ1) is 17.3. The van der Waals surface area contributed by atoms with Crippen molar-refractivity contribution in [2.45, 2.75) is 19.4 Å². The topological polar surface area (TPSA) is 47.6 Å². The third kappa shape index (κ3) is 6.32. The number of hydrogen-bond acceptors (Lipinski definition) is 3. The third-order valence-corrected chi connectivity index (χ3v) is 3.75. The zero-order valence-electron chi connectivity index (χ0n) is 13.0. The summed E-state index contributed by atoms with van der Waals surface area (Å²) in [6, 6.07) is 15.3. The Morgan fingerprint density at radius 3 is 2.61 bits per heavy atom. The first-order valence-corrected chi connectivity index (χ1v) is 8.24. The van der Waals surface area contributed by atoms with Gasteiger partial charge in [-0.3, -0.25) is 4.79 Å². The van der Waals surface area contributed by atoms with Crippen LogP contribution in [0.1, 0.15) is 18.4 Å². The molecule has 2 aromatic rings. The molecule has 0 saturated carbocycles. The fourth-order valence-electron chi connectivity index (χ4n) is 2.01. The van der Waals surface area contributed by atoms with Gasteiger partial charge in [-0.15, -0.1) is 0 Å². The second-order valence-electron chi connectivity index (χ2n) is 5.03. The first-order chi connectivity index (χ1) is 11.2. The number of rotatable bonds is 8. The van der Waals surface area contributed by atoms with Crippen LogP contribution in [-0.4, -0.2) is 19.6 Å². The molecule has 0 saturated heterocycles. The van der Waals surface area contributed by atoms with E-state index in [9.17, 15) is 4.79 Å². The van der Waals surface area contributed by atoms with Crippen LogP contribution in [0.3, 0.4) is 0 Å². The molecule has 0 unspecified atom stereocenters. The van der Waals surface area contributed by atoms with Crippen molar-refractivity contribution in [3.05, 3.63) is 58.6 Å². The number of carbonyl (C=O) groups is 1. The second-order valence-corrected chi connectivity index (χ2v) is 5.95. The van der Waals surface area contributed by atoms with Gasteiger partial charge >= 0.3 is 0 Å². The van der Waals surface area contributed by atoms with Crippen molar-refractivity contribution >= 4 is 21.8 Å². The van der Waals surface area contributed by atoms with Crippen LogP contribution in [-0.2, 0) is 11.3 Å². The van der Waals surface area contributed by atoms with Crippen molar-refractivity contribution < 1.29 is 14.3 Å². The van der Waals surface area contributed by atoms with Crippen LogP contribution in [0.15, 0.2) is 53.0 Å². The molecule has 5 heteroatoms. The van der Waals surface area contributed by atoms with Crippen LogP contribution in [0.4, 0.5) is 0 Å². The van der Waals surface area contributed by atoms with E-state index in [0.717, 1.165) is 21.5 Å². The Hall–Kier alpha value is -2.01. The molecule has 1 N–H and O–H groups in total. The van der Waals surface area contributed by atoms with Crippen molar-refractivity contribution in [3.8, 4) is 11.5 Å². The zero-order valence-corrected chi connectivity index (χ0v) is 14.6. The summed E-state index contributed by atoms with van der Waals surface area (Å²) in [7, 11) is 1.63. The molecule has 2 rings (SSSR count). The number of hydrogen-bond donors (Lipinski definition) is 1. The van der Waals surface area contributed by atoms with E-state index in [2.05, 4.69) is 21.2 Å². The molecule has 0 heterocycles. The van der Waals surface area contributed by atoms with Crippen LogP contribution in [0.25, 0.3) is 0 Å². The monoisotopic (exact) mass is 377 g/mol. The van der Waals surface area contributed by atoms with E-state index in [1.807, 2.05) is 48.5 Å². The molecule has 122 valence electrons. The van der Waals surface area contributed by atoms with Crippen molar-refractivity contribution in [3.63, 3.8) is 0 Å². The van der Waals surface area contributed by atoms with Gasteiger partial charge in [0.1, 0.15) is 11.5 Å². The Morgan fingerprint density at radius 1 is 1.13 bits per heavy atom. The summed E-state index contributed by atoms with van der Waals surface area (Å²) in [5.41, 5.74) is 1.05. The predicted octanol–water partition coefficient (Wildman–Crippen LogP) is 3.93. The molecule has 0 atom stereocenters. The molecule has 0 aromatic heterocycles. The molecule has 2 aromatic carbocycles. The Bertz CT molecular complexity index is 628. The van der Waals surface area contributed by atoms with Gasteiger partial charge in [-0.2, -0.15) is 0 Å². The molecule has 0 aliphatic rings. The van der Waals surface area contributed by atoms with Gasteiger partial charge in [-0.1, -0.05) is 34.1 Å². The average Bonchev–Trinajstić information content (AvgIpc) is 2.57. The maximum absolute atomic E-state index is 11.8. The van der Waals surface area contributed by atoms with E-state index >= 15 is 0 Å². The zero-order chi connectivity index (χ0) is 16.5. The second kappa shape index (κ2) is 9.20. The molecule has 23 heavy (non-hydrogen) atoms. The number of methoxy groups -OCH3 is 1. The molecule has 0 radical (unpaired) electrons.